The van der Waals surface area contributed by atoms with Crippen molar-refractivity contribution in [3.63, 3.8) is 0 Å². The molecular weight excluding hydrogens is 438 g/mol. The van der Waals surface area contributed by atoms with Crippen LogP contribution in [0.1, 0.15) is 39.6 Å². The molecule has 7 nitrogen and oxygen atoms in total. The normalized spacial score (nSPS) is 11.0. The van der Waals surface area contributed by atoms with Crippen LogP contribution >= 0.6 is 0 Å². The molecule has 0 spiro atoms. The molecule has 2 amide bonds. The zero-order valence-corrected chi connectivity index (χ0v) is 19.6. The number of carbonyl (C=O) groups excluding carboxylic acids is 2. The molecule has 0 aliphatic rings. The summed E-state index contributed by atoms with van der Waals surface area (Å²) in [5.41, 5.74) is 2.72. The van der Waals surface area contributed by atoms with Gasteiger partial charge < -0.3 is 10.6 Å². The van der Waals surface area contributed by atoms with E-state index < -0.39 is 10.0 Å². The summed E-state index contributed by atoms with van der Waals surface area (Å²) in [5.74, 6) is -0.563. The largest absolute Gasteiger partial charge is 0.352 e. The SMILES string of the molecule is CCCNC(=O)c1cccc(NC(=O)c2ccc(N(C)S(=O)(=O)c3ccc(C)cc3)cc2)c1. The van der Waals surface area contributed by atoms with Gasteiger partial charge in [0.1, 0.15) is 0 Å². The summed E-state index contributed by atoms with van der Waals surface area (Å²) in [5, 5.41) is 5.57. The minimum absolute atomic E-state index is 0.195. The van der Waals surface area contributed by atoms with Gasteiger partial charge >= 0.3 is 0 Å². The van der Waals surface area contributed by atoms with Gasteiger partial charge in [-0.3, -0.25) is 13.9 Å². The van der Waals surface area contributed by atoms with Crippen LogP contribution < -0.4 is 14.9 Å². The Labute approximate surface area is 194 Å². The smallest absolute Gasteiger partial charge is 0.264 e. The number of benzene rings is 3. The third-order valence-corrected chi connectivity index (χ3v) is 6.89. The fraction of sp³-hybridized carbons (Fsp3) is 0.200. The van der Waals surface area contributed by atoms with Crippen LogP contribution in [0.5, 0.6) is 0 Å². The molecule has 3 aromatic carbocycles. The predicted octanol–water partition coefficient (Wildman–Crippen LogP) is 4.21. The second-order valence-electron chi connectivity index (χ2n) is 7.62. The van der Waals surface area contributed by atoms with Gasteiger partial charge in [0.25, 0.3) is 21.8 Å². The van der Waals surface area contributed by atoms with Crippen LogP contribution in [0.4, 0.5) is 11.4 Å². The van der Waals surface area contributed by atoms with Crippen LogP contribution in [-0.4, -0.2) is 33.8 Å². The van der Waals surface area contributed by atoms with Gasteiger partial charge in [0, 0.05) is 30.4 Å². The zero-order chi connectivity index (χ0) is 24.0. The van der Waals surface area contributed by atoms with Gasteiger partial charge in [-0.25, -0.2) is 8.42 Å². The number of carbonyl (C=O) groups is 2. The number of hydrogen-bond acceptors (Lipinski definition) is 4. The van der Waals surface area contributed by atoms with E-state index in [0.29, 0.717) is 29.0 Å². The van der Waals surface area contributed by atoms with E-state index in [1.165, 1.54) is 11.4 Å². The quantitative estimate of drug-likeness (QED) is 0.521. The van der Waals surface area contributed by atoms with Crippen molar-refractivity contribution in [2.45, 2.75) is 25.2 Å². The summed E-state index contributed by atoms with van der Waals surface area (Å²) in [4.78, 5) is 25.0. The first-order valence-corrected chi connectivity index (χ1v) is 12.0. The highest BCUT2D eigenvalue weighted by molar-refractivity contribution is 7.92. The van der Waals surface area contributed by atoms with Crippen LogP contribution in [0.2, 0.25) is 0 Å². The predicted molar refractivity (Wildman–Crippen MR) is 130 cm³/mol. The molecule has 33 heavy (non-hydrogen) atoms. The first-order chi connectivity index (χ1) is 15.7. The second-order valence-corrected chi connectivity index (χ2v) is 9.59. The fourth-order valence-electron chi connectivity index (χ4n) is 3.11. The third kappa shape index (κ3) is 5.78. The Hall–Kier alpha value is -3.65. The third-order valence-electron chi connectivity index (χ3n) is 5.09. The Morgan fingerprint density at radius 2 is 1.55 bits per heavy atom. The standard InChI is InChI=1S/C25H27N3O4S/c1-4-16-26-24(29)20-6-5-7-21(17-20)27-25(30)19-10-12-22(13-11-19)28(3)33(31,32)23-14-8-18(2)9-15-23/h5-15,17H,4,16H2,1-3H3,(H,26,29)(H,27,30). The molecule has 0 aliphatic carbocycles. The lowest BCUT2D eigenvalue weighted by atomic mass is 10.1. The molecule has 0 heterocycles. The molecular formula is C25H27N3O4S. The van der Waals surface area contributed by atoms with Gasteiger partial charge in [0.2, 0.25) is 0 Å². The molecule has 0 saturated heterocycles. The molecule has 0 aliphatic heterocycles. The summed E-state index contributed by atoms with van der Waals surface area (Å²) in [6.07, 6.45) is 0.833. The molecule has 2 N–H and O–H groups in total. The zero-order valence-electron chi connectivity index (χ0n) is 18.8. The first-order valence-electron chi connectivity index (χ1n) is 10.6. The van der Waals surface area contributed by atoms with Crippen molar-refractivity contribution in [3.8, 4) is 0 Å². The average Bonchev–Trinajstić information content (AvgIpc) is 2.82. The molecule has 3 aromatic rings. The molecule has 0 radical (unpaired) electrons. The van der Waals surface area contributed by atoms with Gasteiger partial charge in [-0.15, -0.1) is 0 Å². The number of nitrogens with zero attached hydrogens (tertiary/aromatic N) is 1. The van der Waals surface area contributed by atoms with Crippen molar-refractivity contribution in [1.82, 2.24) is 5.32 Å². The lowest BCUT2D eigenvalue weighted by Crippen LogP contribution is -2.26. The minimum Gasteiger partial charge on any atom is -0.352 e. The lowest BCUT2D eigenvalue weighted by Gasteiger charge is -2.20. The van der Waals surface area contributed by atoms with Crippen LogP contribution in [-0.2, 0) is 10.0 Å². The Bertz CT molecular complexity index is 1240. The Morgan fingerprint density at radius 1 is 0.879 bits per heavy atom. The van der Waals surface area contributed by atoms with E-state index in [1.807, 2.05) is 13.8 Å². The highest BCUT2D eigenvalue weighted by atomic mass is 32.2. The van der Waals surface area contributed by atoms with Gasteiger partial charge in [-0.2, -0.15) is 0 Å². The van der Waals surface area contributed by atoms with Crippen LogP contribution in [0, 0.1) is 6.92 Å². The summed E-state index contributed by atoms with van der Waals surface area (Å²) in [6, 6.07) is 19.6. The second kappa shape index (κ2) is 10.3. The van der Waals surface area contributed by atoms with E-state index in [0.717, 1.165) is 12.0 Å². The molecule has 8 heteroatoms. The maximum atomic E-state index is 12.9. The highest BCUT2D eigenvalue weighted by Gasteiger charge is 2.21. The van der Waals surface area contributed by atoms with Crippen LogP contribution in [0.15, 0.2) is 77.7 Å². The number of rotatable bonds is 8. The average molecular weight is 466 g/mol. The number of hydrogen-bond donors (Lipinski definition) is 2. The molecule has 0 fully saturated rings. The van der Waals surface area contributed by atoms with Gasteiger partial charge in [-0.1, -0.05) is 30.7 Å². The molecule has 0 saturated carbocycles. The first kappa shape index (κ1) is 24.0. The molecule has 0 unspecified atom stereocenters. The van der Waals surface area contributed by atoms with Gasteiger partial charge in [-0.05, 0) is 67.9 Å². The molecule has 3 rings (SSSR count). The summed E-state index contributed by atoms with van der Waals surface area (Å²) in [7, 11) is -2.24. The van der Waals surface area contributed by atoms with Gasteiger partial charge in [0.05, 0.1) is 10.6 Å². The molecule has 0 atom stereocenters. The lowest BCUT2D eigenvalue weighted by molar-refractivity contribution is 0.0952. The molecule has 0 bridgehead atoms. The number of aryl methyl sites for hydroxylation is 1. The summed E-state index contributed by atoms with van der Waals surface area (Å²) in [6.45, 7) is 4.44. The van der Waals surface area contributed by atoms with Crippen molar-refractivity contribution >= 4 is 33.2 Å². The topological polar surface area (TPSA) is 95.6 Å². The van der Waals surface area contributed by atoms with Crippen molar-refractivity contribution in [2.75, 3.05) is 23.2 Å². The van der Waals surface area contributed by atoms with E-state index in [2.05, 4.69) is 10.6 Å². The van der Waals surface area contributed by atoms with E-state index in [4.69, 9.17) is 0 Å². The van der Waals surface area contributed by atoms with Crippen molar-refractivity contribution in [3.05, 3.63) is 89.5 Å². The number of sulfonamides is 1. The summed E-state index contributed by atoms with van der Waals surface area (Å²) >= 11 is 0. The fourth-order valence-corrected chi connectivity index (χ4v) is 4.31. The van der Waals surface area contributed by atoms with Crippen LogP contribution in [0.25, 0.3) is 0 Å². The maximum Gasteiger partial charge on any atom is 0.264 e. The number of nitrogens with one attached hydrogen (secondary N) is 2. The van der Waals surface area contributed by atoms with Crippen molar-refractivity contribution < 1.29 is 18.0 Å². The number of anilines is 2. The Morgan fingerprint density at radius 3 is 2.18 bits per heavy atom. The maximum absolute atomic E-state index is 12.9. The Balaban J connectivity index is 1.72. The van der Waals surface area contributed by atoms with Crippen molar-refractivity contribution in [1.29, 1.82) is 0 Å². The van der Waals surface area contributed by atoms with E-state index in [9.17, 15) is 18.0 Å². The molecule has 0 aromatic heterocycles. The van der Waals surface area contributed by atoms with Crippen LogP contribution in [0.3, 0.4) is 0 Å². The van der Waals surface area contributed by atoms with E-state index >= 15 is 0 Å². The highest BCUT2D eigenvalue weighted by Crippen LogP contribution is 2.23. The monoisotopic (exact) mass is 465 g/mol. The van der Waals surface area contributed by atoms with Gasteiger partial charge in [0.15, 0.2) is 0 Å². The van der Waals surface area contributed by atoms with E-state index in [-0.39, 0.29) is 16.7 Å². The Kier molecular flexibility index (Phi) is 7.50. The molecule has 172 valence electrons. The minimum atomic E-state index is -3.72. The summed E-state index contributed by atoms with van der Waals surface area (Å²) < 4.78 is 26.9. The number of amides is 2. The van der Waals surface area contributed by atoms with E-state index in [1.54, 1.807) is 72.8 Å². The van der Waals surface area contributed by atoms with Crippen molar-refractivity contribution in [2.24, 2.45) is 0 Å².